The normalized spacial score (nSPS) is 8.57. The first kappa shape index (κ1) is 15.9. The first-order valence-electron chi connectivity index (χ1n) is 0.894. The smallest absolute Gasteiger partial charge is 1.00 e. The van der Waals surface area contributed by atoms with Crippen molar-refractivity contribution in [2.45, 2.75) is 0 Å². The van der Waals surface area contributed by atoms with E-state index in [4.69, 9.17) is 19.2 Å². The van der Waals surface area contributed by atoms with E-state index >= 15 is 0 Å². The second kappa shape index (κ2) is 5.84. The molecule has 4 nitrogen and oxygen atoms in total. The van der Waals surface area contributed by atoms with Crippen LogP contribution in [-0.4, -0.2) is 51.3 Å². The van der Waals surface area contributed by atoms with Crippen LogP contribution in [0.15, 0.2) is 0 Å². The molecule has 0 aliphatic heterocycles. The van der Waals surface area contributed by atoms with E-state index < -0.39 is 9.05 Å². The Morgan fingerprint density at radius 3 is 1.00 bits per heavy atom. The molecule has 40 valence electrons. The standard InChI is InChI=1S/Mg.H4O4Si.Zr.2H/c;1-5(2,3)4;;;/h;1-4H;;;/q+2;;;2*-1. The van der Waals surface area contributed by atoms with Gasteiger partial charge in [0.05, 0.1) is 0 Å². The van der Waals surface area contributed by atoms with Crippen molar-refractivity contribution in [1.29, 1.82) is 0 Å². The molecule has 7 heteroatoms. The summed E-state index contributed by atoms with van der Waals surface area (Å²) in [6.07, 6.45) is 0. The maximum Gasteiger partial charge on any atom is 2.00 e. The van der Waals surface area contributed by atoms with Gasteiger partial charge in [-0.15, -0.1) is 0 Å². The summed E-state index contributed by atoms with van der Waals surface area (Å²) in [6.45, 7) is 0. The van der Waals surface area contributed by atoms with Crippen LogP contribution in [0.4, 0.5) is 0 Å². The second-order valence-corrected chi connectivity index (χ2v) is 1.80. The van der Waals surface area contributed by atoms with Crippen LogP contribution >= 0.6 is 0 Å². The molecule has 0 spiro atoms. The van der Waals surface area contributed by atoms with Gasteiger partial charge < -0.3 is 22.0 Å². The average molecular weight is 214 g/mol. The SMILES string of the molecule is O[Si](O)(O)O.[H-].[H-].[Mg+2].[Zr]. The van der Waals surface area contributed by atoms with Crippen LogP contribution in [0.3, 0.4) is 0 Å². The van der Waals surface area contributed by atoms with Crippen molar-refractivity contribution in [3.8, 4) is 0 Å². The predicted molar refractivity (Wildman–Crippen MR) is 22.6 cm³/mol. The van der Waals surface area contributed by atoms with Gasteiger partial charge in [0.1, 0.15) is 0 Å². The first-order chi connectivity index (χ1) is 2.00. The molecule has 0 rings (SSSR count). The van der Waals surface area contributed by atoms with E-state index in [0.29, 0.717) is 0 Å². The van der Waals surface area contributed by atoms with Crippen molar-refractivity contribution < 1.29 is 48.2 Å². The van der Waals surface area contributed by atoms with Crippen molar-refractivity contribution in [3.63, 3.8) is 0 Å². The quantitative estimate of drug-likeness (QED) is 0.329. The van der Waals surface area contributed by atoms with E-state index in [-0.39, 0.29) is 52.1 Å². The molecule has 7 heavy (non-hydrogen) atoms. The molecule has 4 N–H and O–H groups in total. The molecule has 0 atom stereocenters. The Morgan fingerprint density at radius 2 is 1.00 bits per heavy atom. The van der Waals surface area contributed by atoms with E-state index in [0.717, 1.165) is 0 Å². The van der Waals surface area contributed by atoms with Crippen LogP contribution in [0.1, 0.15) is 2.85 Å². The van der Waals surface area contributed by atoms with Gasteiger partial charge >= 0.3 is 32.1 Å². The third-order valence-corrected chi connectivity index (χ3v) is 0. The summed E-state index contributed by atoms with van der Waals surface area (Å²) in [6, 6.07) is 0. The molecule has 0 aromatic rings. The van der Waals surface area contributed by atoms with Gasteiger partial charge in [-0.05, 0) is 0 Å². The maximum atomic E-state index is 7.33. The average Bonchev–Trinajstić information content (AvgIpc) is 0.722. The van der Waals surface area contributed by atoms with Gasteiger partial charge in [-0.2, -0.15) is 0 Å². The minimum absolute atomic E-state index is 0. The van der Waals surface area contributed by atoms with Crippen LogP contribution in [0.25, 0.3) is 0 Å². The third-order valence-electron chi connectivity index (χ3n) is 0. The zero-order chi connectivity index (χ0) is 4.50. The minimum Gasteiger partial charge on any atom is -1.00 e. The fourth-order valence-electron chi connectivity index (χ4n) is 0. The monoisotopic (exact) mass is 212 g/mol. The molecule has 0 unspecified atom stereocenters. The summed E-state index contributed by atoms with van der Waals surface area (Å²) >= 11 is 0. The molecule has 0 aliphatic rings. The topological polar surface area (TPSA) is 80.9 Å². The Kier molecular flexibility index (Phi) is 13.2. The molecule has 0 bridgehead atoms. The first-order valence-corrected chi connectivity index (χ1v) is 2.68. The van der Waals surface area contributed by atoms with Crippen LogP contribution in [-0.2, 0) is 26.2 Å². The van der Waals surface area contributed by atoms with Gasteiger partial charge in [-0.25, -0.2) is 0 Å². The Hall–Kier alpha value is 1.71. The molecule has 0 saturated heterocycles. The Balaban J connectivity index is -0.0000000133. The molecular weight excluding hydrogens is 208 g/mol. The van der Waals surface area contributed by atoms with Gasteiger partial charge in [0, 0.05) is 26.2 Å². The van der Waals surface area contributed by atoms with Crippen molar-refractivity contribution in [2.75, 3.05) is 0 Å². The van der Waals surface area contributed by atoms with Crippen LogP contribution < -0.4 is 0 Å². The van der Waals surface area contributed by atoms with Gasteiger partial charge in [0.2, 0.25) is 0 Å². The molecular formula is H6MgO4SiZr. The molecule has 0 fully saturated rings. The third kappa shape index (κ3) is 86.2. The van der Waals surface area contributed by atoms with Crippen LogP contribution in [0, 0.1) is 0 Å². The van der Waals surface area contributed by atoms with Gasteiger partial charge in [-0.1, -0.05) is 0 Å². The van der Waals surface area contributed by atoms with E-state index in [9.17, 15) is 0 Å². The van der Waals surface area contributed by atoms with Gasteiger partial charge in [-0.3, -0.25) is 0 Å². The summed E-state index contributed by atoms with van der Waals surface area (Å²) < 4.78 is 0. The summed E-state index contributed by atoms with van der Waals surface area (Å²) in [5.74, 6) is 0. The largest absolute Gasteiger partial charge is 2.00 e. The zero-order valence-electron chi connectivity index (χ0n) is 5.50. The van der Waals surface area contributed by atoms with Crippen molar-refractivity contribution in [2.24, 2.45) is 0 Å². The van der Waals surface area contributed by atoms with E-state index in [1.165, 1.54) is 0 Å². The summed E-state index contributed by atoms with van der Waals surface area (Å²) in [7, 11) is -4.61. The predicted octanol–water partition coefficient (Wildman–Crippen LogP) is -2.77. The number of rotatable bonds is 0. The molecule has 0 radical (unpaired) electrons. The van der Waals surface area contributed by atoms with Gasteiger partial charge in [0.25, 0.3) is 0 Å². The molecule has 0 aromatic carbocycles. The Morgan fingerprint density at radius 1 is 1.00 bits per heavy atom. The van der Waals surface area contributed by atoms with Crippen molar-refractivity contribution >= 4 is 32.1 Å². The molecule has 0 amide bonds. The molecule has 0 saturated carbocycles. The molecule has 0 aromatic heterocycles. The number of hydrogen-bond acceptors (Lipinski definition) is 4. The zero-order valence-corrected chi connectivity index (χ0v) is 8.37. The Bertz CT molecular complexity index is 34.0. The van der Waals surface area contributed by atoms with E-state index in [2.05, 4.69) is 0 Å². The fraction of sp³-hybridized carbons (Fsp3) is 0. The van der Waals surface area contributed by atoms with E-state index in [1.54, 1.807) is 0 Å². The summed E-state index contributed by atoms with van der Waals surface area (Å²) in [4.78, 5) is 29.3. The van der Waals surface area contributed by atoms with Gasteiger partial charge in [0.15, 0.2) is 0 Å². The molecule has 0 aliphatic carbocycles. The summed E-state index contributed by atoms with van der Waals surface area (Å²) in [5, 5.41) is 0. The van der Waals surface area contributed by atoms with Crippen molar-refractivity contribution in [1.82, 2.24) is 0 Å². The molecule has 0 heterocycles. The second-order valence-electron chi connectivity index (χ2n) is 0.600. The fourth-order valence-corrected chi connectivity index (χ4v) is 0. The van der Waals surface area contributed by atoms with E-state index in [1.807, 2.05) is 0 Å². The minimum atomic E-state index is -4.61. The number of hydrogen-bond donors (Lipinski definition) is 4. The maximum absolute atomic E-state index is 7.33. The van der Waals surface area contributed by atoms with Crippen LogP contribution in [0.5, 0.6) is 0 Å². The van der Waals surface area contributed by atoms with Crippen molar-refractivity contribution in [3.05, 3.63) is 0 Å². The van der Waals surface area contributed by atoms with Crippen LogP contribution in [0.2, 0.25) is 0 Å². The Labute approximate surface area is 79.9 Å². The summed E-state index contributed by atoms with van der Waals surface area (Å²) in [5.41, 5.74) is 0.